The molecule has 0 saturated carbocycles. The second-order valence-electron chi connectivity index (χ2n) is 5.04. The lowest BCUT2D eigenvalue weighted by molar-refractivity contribution is 0.102. The van der Waals surface area contributed by atoms with Crippen LogP contribution in [0.1, 0.15) is 33.0 Å². The molecule has 0 aliphatic carbocycles. The molecule has 0 unspecified atom stereocenters. The Hall–Kier alpha value is -2.70. The number of hydrogen-bond donors (Lipinski definition) is 2. The molecule has 3 rings (SSSR count). The molecule has 1 amide bonds. The predicted molar refractivity (Wildman–Crippen MR) is 77.3 cm³/mol. The van der Waals surface area contributed by atoms with Crippen LogP contribution in [0.25, 0.3) is 11.1 Å². The molecule has 0 radical (unpaired) electrons. The lowest BCUT2D eigenvalue weighted by Crippen LogP contribution is -2.14. The van der Waals surface area contributed by atoms with E-state index in [1.165, 1.54) is 0 Å². The van der Waals surface area contributed by atoms with Gasteiger partial charge >= 0.3 is 0 Å². The van der Waals surface area contributed by atoms with E-state index in [4.69, 9.17) is 4.52 Å². The fraction of sp³-hybridized carbons (Fsp3) is 0.286. The number of pyridine rings is 1. The van der Waals surface area contributed by atoms with Gasteiger partial charge in [0, 0.05) is 17.0 Å². The SMILES string of the molecule is Cc1cc(C(=O)Nc2n[nH]c(C)c2C)c2c(C)noc2n1. The number of rotatable bonds is 2. The summed E-state index contributed by atoms with van der Waals surface area (Å²) in [6.07, 6.45) is 0. The van der Waals surface area contributed by atoms with E-state index in [-0.39, 0.29) is 5.91 Å². The Kier molecular flexibility index (Phi) is 2.97. The molecule has 7 nitrogen and oxygen atoms in total. The molecule has 3 aromatic heterocycles. The zero-order chi connectivity index (χ0) is 15.1. The standard InChI is InChI=1S/C14H15N5O2/c1-6-5-10(11-9(4)19-21-14(11)15-6)13(20)16-12-7(2)8(3)17-18-12/h5H,1-4H3,(H2,16,17,18,20). The van der Waals surface area contributed by atoms with Gasteiger partial charge < -0.3 is 9.84 Å². The summed E-state index contributed by atoms with van der Waals surface area (Å²) >= 11 is 0. The van der Waals surface area contributed by atoms with Gasteiger partial charge in [-0.2, -0.15) is 5.10 Å². The van der Waals surface area contributed by atoms with E-state index >= 15 is 0 Å². The van der Waals surface area contributed by atoms with Crippen molar-refractivity contribution < 1.29 is 9.32 Å². The topological polar surface area (TPSA) is 96.7 Å². The van der Waals surface area contributed by atoms with Crippen molar-refractivity contribution in [3.05, 3.63) is 34.3 Å². The van der Waals surface area contributed by atoms with Crippen molar-refractivity contribution in [2.45, 2.75) is 27.7 Å². The van der Waals surface area contributed by atoms with Crippen LogP contribution in [0, 0.1) is 27.7 Å². The summed E-state index contributed by atoms with van der Waals surface area (Å²) in [5, 5.41) is 14.2. The van der Waals surface area contributed by atoms with Crippen molar-refractivity contribution in [3.8, 4) is 0 Å². The van der Waals surface area contributed by atoms with Crippen LogP contribution < -0.4 is 5.32 Å². The Morgan fingerprint density at radius 1 is 1.29 bits per heavy atom. The van der Waals surface area contributed by atoms with Gasteiger partial charge in [0.2, 0.25) is 0 Å². The molecule has 3 aromatic rings. The highest BCUT2D eigenvalue weighted by molar-refractivity contribution is 6.12. The normalized spacial score (nSPS) is 11.0. The van der Waals surface area contributed by atoms with Crippen LogP contribution in [-0.2, 0) is 0 Å². The quantitative estimate of drug-likeness (QED) is 0.753. The smallest absolute Gasteiger partial charge is 0.258 e. The van der Waals surface area contributed by atoms with Gasteiger partial charge in [-0.25, -0.2) is 4.98 Å². The van der Waals surface area contributed by atoms with Crippen LogP contribution in [0.3, 0.4) is 0 Å². The fourth-order valence-corrected chi connectivity index (χ4v) is 2.18. The number of hydrogen-bond acceptors (Lipinski definition) is 5. The number of amides is 1. The Morgan fingerprint density at radius 3 is 2.71 bits per heavy atom. The van der Waals surface area contributed by atoms with Crippen molar-refractivity contribution in [2.24, 2.45) is 0 Å². The molecule has 0 spiro atoms. The van der Waals surface area contributed by atoms with Crippen molar-refractivity contribution in [2.75, 3.05) is 5.32 Å². The zero-order valence-corrected chi connectivity index (χ0v) is 12.2. The highest BCUT2D eigenvalue weighted by Crippen LogP contribution is 2.23. The Balaban J connectivity index is 2.05. The maximum Gasteiger partial charge on any atom is 0.258 e. The van der Waals surface area contributed by atoms with Crippen LogP contribution in [-0.4, -0.2) is 26.2 Å². The summed E-state index contributed by atoms with van der Waals surface area (Å²) in [5.74, 6) is 0.264. The van der Waals surface area contributed by atoms with E-state index in [2.05, 4.69) is 25.7 Å². The number of carbonyl (C=O) groups is 1. The average molecular weight is 285 g/mol. The number of nitrogens with zero attached hydrogens (tertiary/aromatic N) is 3. The van der Waals surface area contributed by atoms with E-state index < -0.39 is 0 Å². The molecule has 0 saturated heterocycles. The monoisotopic (exact) mass is 285 g/mol. The van der Waals surface area contributed by atoms with Crippen LogP contribution in [0.2, 0.25) is 0 Å². The average Bonchev–Trinajstić information content (AvgIpc) is 2.95. The minimum atomic E-state index is -0.258. The van der Waals surface area contributed by atoms with Gasteiger partial charge in [0.15, 0.2) is 5.82 Å². The molecule has 0 bridgehead atoms. The summed E-state index contributed by atoms with van der Waals surface area (Å²) in [6, 6.07) is 1.72. The molecule has 0 atom stereocenters. The Labute approximate surface area is 120 Å². The number of fused-ring (bicyclic) bond motifs is 1. The van der Waals surface area contributed by atoms with Gasteiger partial charge in [0.25, 0.3) is 11.6 Å². The van der Waals surface area contributed by atoms with E-state index in [1.54, 1.807) is 19.9 Å². The highest BCUT2D eigenvalue weighted by atomic mass is 16.5. The second-order valence-corrected chi connectivity index (χ2v) is 5.04. The first-order chi connectivity index (χ1) is 9.97. The number of carbonyl (C=O) groups excluding carboxylic acids is 1. The summed E-state index contributed by atoms with van der Waals surface area (Å²) < 4.78 is 5.14. The molecule has 3 heterocycles. The van der Waals surface area contributed by atoms with Gasteiger partial charge in [-0.05, 0) is 33.8 Å². The molecule has 0 aromatic carbocycles. The van der Waals surface area contributed by atoms with Gasteiger partial charge in [0.05, 0.1) is 16.6 Å². The number of H-pyrrole nitrogens is 1. The van der Waals surface area contributed by atoms with Crippen molar-refractivity contribution in [1.82, 2.24) is 20.3 Å². The van der Waals surface area contributed by atoms with Crippen LogP contribution in [0.5, 0.6) is 0 Å². The number of anilines is 1. The Morgan fingerprint density at radius 2 is 2.05 bits per heavy atom. The maximum absolute atomic E-state index is 12.5. The first-order valence-electron chi connectivity index (χ1n) is 6.54. The number of aromatic amines is 1. The number of aromatic nitrogens is 4. The molecule has 21 heavy (non-hydrogen) atoms. The zero-order valence-electron chi connectivity index (χ0n) is 12.2. The first-order valence-corrected chi connectivity index (χ1v) is 6.54. The molecule has 2 N–H and O–H groups in total. The number of nitrogens with one attached hydrogen (secondary N) is 2. The maximum atomic E-state index is 12.5. The highest BCUT2D eigenvalue weighted by Gasteiger charge is 2.19. The van der Waals surface area contributed by atoms with Crippen molar-refractivity contribution in [1.29, 1.82) is 0 Å². The van der Waals surface area contributed by atoms with Gasteiger partial charge in [-0.15, -0.1) is 0 Å². The van der Waals surface area contributed by atoms with Gasteiger partial charge in [-0.1, -0.05) is 5.16 Å². The first kappa shape index (κ1) is 13.3. The lowest BCUT2D eigenvalue weighted by atomic mass is 10.1. The second kappa shape index (κ2) is 4.69. The third-order valence-corrected chi connectivity index (χ3v) is 3.47. The molecule has 0 aliphatic rings. The third kappa shape index (κ3) is 2.16. The Bertz CT molecular complexity index is 847. The minimum Gasteiger partial charge on any atom is -0.336 e. The summed E-state index contributed by atoms with van der Waals surface area (Å²) in [4.78, 5) is 16.8. The number of aryl methyl sites for hydroxylation is 3. The van der Waals surface area contributed by atoms with E-state index in [0.717, 1.165) is 11.3 Å². The van der Waals surface area contributed by atoms with Crippen LogP contribution in [0.15, 0.2) is 10.6 Å². The molecular formula is C14H15N5O2. The van der Waals surface area contributed by atoms with Crippen LogP contribution >= 0.6 is 0 Å². The van der Waals surface area contributed by atoms with Crippen molar-refractivity contribution in [3.63, 3.8) is 0 Å². The largest absolute Gasteiger partial charge is 0.336 e. The van der Waals surface area contributed by atoms with Gasteiger partial charge in [-0.3, -0.25) is 9.89 Å². The summed E-state index contributed by atoms with van der Waals surface area (Å²) in [7, 11) is 0. The third-order valence-electron chi connectivity index (χ3n) is 3.47. The molecule has 7 heteroatoms. The fourth-order valence-electron chi connectivity index (χ4n) is 2.18. The van der Waals surface area contributed by atoms with Crippen molar-refractivity contribution >= 4 is 22.8 Å². The van der Waals surface area contributed by atoms with Crippen LogP contribution in [0.4, 0.5) is 5.82 Å². The predicted octanol–water partition coefficient (Wildman–Crippen LogP) is 2.43. The molecule has 0 fully saturated rings. The van der Waals surface area contributed by atoms with E-state index in [9.17, 15) is 4.79 Å². The molecule has 108 valence electrons. The summed E-state index contributed by atoms with van der Waals surface area (Å²) in [6.45, 7) is 7.38. The summed E-state index contributed by atoms with van der Waals surface area (Å²) in [5.41, 5.74) is 4.01. The molecular weight excluding hydrogens is 270 g/mol. The van der Waals surface area contributed by atoms with E-state index in [0.29, 0.717) is 33.9 Å². The lowest BCUT2D eigenvalue weighted by Gasteiger charge is -2.05. The van der Waals surface area contributed by atoms with E-state index in [1.807, 2.05) is 13.8 Å². The van der Waals surface area contributed by atoms with Gasteiger partial charge in [0.1, 0.15) is 0 Å². The molecule has 0 aliphatic heterocycles. The minimum absolute atomic E-state index is 0.258.